The highest BCUT2D eigenvalue weighted by atomic mass is 16.4. The molecule has 0 fully saturated rings. The number of benzene rings is 8. The van der Waals surface area contributed by atoms with Crippen LogP contribution < -0.4 is 0 Å². The van der Waals surface area contributed by atoms with Crippen molar-refractivity contribution in [3.8, 4) is 39.4 Å². The molecule has 0 radical (unpaired) electrons. The third-order valence-corrected chi connectivity index (χ3v) is 10.2. The molecule has 0 saturated carbocycles. The van der Waals surface area contributed by atoms with Gasteiger partial charge in [-0.3, -0.25) is 4.57 Å². The fourth-order valence-corrected chi connectivity index (χ4v) is 7.82. The molecule has 0 saturated heterocycles. The summed E-state index contributed by atoms with van der Waals surface area (Å²) in [7, 11) is 0. The van der Waals surface area contributed by atoms with E-state index in [4.69, 9.17) is 13.8 Å². The lowest BCUT2D eigenvalue weighted by Gasteiger charge is -2.05. The Morgan fingerprint density at radius 3 is 1.98 bits per heavy atom. The molecule has 0 bridgehead atoms. The Kier molecular flexibility index (Phi) is 5.92. The van der Waals surface area contributed by atoms with Crippen molar-refractivity contribution in [2.75, 3.05) is 0 Å². The molecule has 0 aliphatic carbocycles. The van der Waals surface area contributed by atoms with Gasteiger partial charge in [-0.25, -0.2) is 0 Å². The van der Waals surface area contributed by atoms with Crippen molar-refractivity contribution in [2.45, 2.75) is 0 Å². The molecule has 3 aromatic heterocycles. The van der Waals surface area contributed by atoms with Gasteiger partial charge in [-0.05, 0) is 86.6 Å². The maximum atomic E-state index is 6.89. The van der Waals surface area contributed by atoms with Crippen molar-refractivity contribution in [1.82, 2.24) is 9.55 Å². The summed E-state index contributed by atoms with van der Waals surface area (Å²) in [4.78, 5) is 5.17. The van der Waals surface area contributed by atoms with Gasteiger partial charge in [-0.15, -0.1) is 0 Å². The van der Waals surface area contributed by atoms with E-state index < -0.39 is 0 Å². The number of rotatable bonds is 4. The van der Waals surface area contributed by atoms with Crippen molar-refractivity contribution < 1.29 is 8.83 Å². The van der Waals surface area contributed by atoms with Crippen molar-refractivity contribution in [3.63, 3.8) is 0 Å². The Labute approximate surface area is 292 Å². The summed E-state index contributed by atoms with van der Waals surface area (Å²) < 4.78 is 15.5. The fraction of sp³-hybridized carbons (Fsp3) is 0. The second kappa shape index (κ2) is 10.8. The van der Waals surface area contributed by atoms with Gasteiger partial charge in [0.25, 0.3) is 0 Å². The Morgan fingerprint density at radius 1 is 0.412 bits per heavy atom. The first-order valence-electron chi connectivity index (χ1n) is 17.2. The second-order valence-corrected chi connectivity index (χ2v) is 13.2. The summed E-state index contributed by atoms with van der Waals surface area (Å²) in [6.07, 6.45) is 0. The first kappa shape index (κ1) is 28.0. The Morgan fingerprint density at radius 2 is 1.12 bits per heavy atom. The molecule has 0 amide bonds. The van der Waals surface area contributed by atoms with E-state index >= 15 is 0 Å². The van der Waals surface area contributed by atoms with E-state index in [0.717, 1.165) is 66.1 Å². The summed E-state index contributed by atoms with van der Waals surface area (Å²) in [5.41, 5.74) is 12.1. The lowest BCUT2D eigenvalue weighted by Crippen LogP contribution is -1.94. The van der Waals surface area contributed by atoms with Gasteiger partial charge in [-0.1, -0.05) is 127 Å². The zero-order chi connectivity index (χ0) is 33.5. The van der Waals surface area contributed by atoms with E-state index in [2.05, 4.69) is 162 Å². The van der Waals surface area contributed by atoms with Gasteiger partial charge in [0.2, 0.25) is 0 Å². The molecule has 3 heterocycles. The van der Waals surface area contributed by atoms with Gasteiger partial charge >= 0.3 is 6.01 Å². The van der Waals surface area contributed by atoms with Crippen LogP contribution in [0, 0.1) is 0 Å². The number of furan rings is 1. The van der Waals surface area contributed by atoms with Crippen LogP contribution in [0.1, 0.15) is 0 Å². The molecule has 11 aromatic rings. The molecule has 0 atom stereocenters. The molecule has 0 aliphatic heterocycles. The lowest BCUT2D eigenvalue weighted by atomic mass is 9.98. The zero-order valence-corrected chi connectivity index (χ0v) is 27.4. The third kappa shape index (κ3) is 4.30. The minimum absolute atomic E-state index is 0.521. The highest BCUT2D eigenvalue weighted by molar-refractivity contribution is 6.18. The average molecular weight is 653 g/mol. The predicted octanol–water partition coefficient (Wildman–Crippen LogP) is 13.0. The number of nitrogens with zero attached hydrogens (tertiary/aromatic N) is 2. The summed E-state index contributed by atoms with van der Waals surface area (Å²) in [6, 6.07) is 60.3. The number of hydrogen-bond donors (Lipinski definition) is 0. The maximum Gasteiger partial charge on any atom is 0.307 e. The number of fused-ring (bicyclic) bond motifs is 9. The molecule has 4 nitrogen and oxygen atoms in total. The van der Waals surface area contributed by atoms with Crippen LogP contribution in [0.2, 0.25) is 0 Å². The van der Waals surface area contributed by atoms with Gasteiger partial charge < -0.3 is 8.83 Å². The van der Waals surface area contributed by atoms with Gasteiger partial charge in [-0.2, -0.15) is 4.98 Å². The molecular weight excluding hydrogens is 625 g/mol. The first-order valence-corrected chi connectivity index (χ1v) is 17.2. The van der Waals surface area contributed by atoms with E-state index in [0.29, 0.717) is 11.6 Å². The molecule has 0 N–H and O–H groups in total. The highest BCUT2D eigenvalue weighted by Gasteiger charge is 2.22. The number of oxazole rings is 1. The van der Waals surface area contributed by atoms with Crippen LogP contribution in [-0.4, -0.2) is 9.55 Å². The Bertz CT molecular complexity index is 3130. The number of hydrogen-bond acceptors (Lipinski definition) is 3. The zero-order valence-electron chi connectivity index (χ0n) is 27.4. The SMILES string of the molecule is c1ccc(-c2ccc3c4c(-c5ccccc5)cccc4n(-c4nc5ccc6oc7ccc(-c8ccc9ccccc9c8)cc7c6c5o4)c3c2)cc1. The lowest BCUT2D eigenvalue weighted by molar-refractivity contribution is 0.577. The predicted molar refractivity (Wildman–Crippen MR) is 209 cm³/mol. The van der Waals surface area contributed by atoms with Crippen LogP contribution in [0.15, 0.2) is 179 Å². The van der Waals surface area contributed by atoms with Crippen LogP contribution in [0.5, 0.6) is 0 Å². The molecule has 51 heavy (non-hydrogen) atoms. The smallest absolute Gasteiger partial charge is 0.307 e. The van der Waals surface area contributed by atoms with Crippen molar-refractivity contribution >= 4 is 65.6 Å². The van der Waals surface area contributed by atoms with E-state index in [1.807, 2.05) is 12.1 Å². The fourth-order valence-electron chi connectivity index (χ4n) is 7.82. The topological polar surface area (TPSA) is 44.1 Å². The van der Waals surface area contributed by atoms with Crippen molar-refractivity contribution in [1.29, 1.82) is 0 Å². The van der Waals surface area contributed by atoms with Crippen LogP contribution in [0.3, 0.4) is 0 Å². The summed E-state index contributed by atoms with van der Waals surface area (Å²) >= 11 is 0. The average Bonchev–Trinajstić information content (AvgIpc) is 3.89. The maximum absolute atomic E-state index is 6.89. The molecule has 0 aliphatic rings. The van der Waals surface area contributed by atoms with Crippen LogP contribution in [0.4, 0.5) is 0 Å². The van der Waals surface area contributed by atoms with E-state index in [1.54, 1.807) is 0 Å². The second-order valence-electron chi connectivity index (χ2n) is 13.2. The number of aromatic nitrogens is 2. The van der Waals surface area contributed by atoms with Crippen LogP contribution in [0.25, 0.3) is 105 Å². The Hall–Kier alpha value is -6.91. The standard InChI is InChI=1S/C47H28N2O2/c1-3-10-29(11-4-1)35-20-22-37-41(28-35)49(40-17-9-16-36(44(37)40)31-13-5-2-6-14-31)47-48-39-23-25-43-45(46(39)51-47)38-27-34(21-24-42(38)50-43)33-19-18-30-12-7-8-15-32(30)26-33/h1-28H. The quantitative estimate of drug-likeness (QED) is 0.190. The van der Waals surface area contributed by atoms with Gasteiger partial charge in [0.15, 0.2) is 5.58 Å². The van der Waals surface area contributed by atoms with Crippen molar-refractivity contribution in [2.24, 2.45) is 0 Å². The molecular formula is C47H28N2O2. The largest absolute Gasteiger partial charge is 0.456 e. The van der Waals surface area contributed by atoms with E-state index in [9.17, 15) is 0 Å². The third-order valence-electron chi connectivity index (χ3n) is 10.2. The molecule has 8 aromatic carbocycles. The van der Waals surface area contributed by atoms with E-state index in [-0.39, 0.29) is 0 Å². The summed E-state index contributed by atoms with van der Waals surface area (Å²) in [6.45, 7) is 0. The Balaban J connectivity index is 1.16. The molecule has 0 unspecified atom stereocenters. The van der Waals surface area contributed by atoms with Gasteiger partial charge in [0.05, 0.1) is 16.4 Å². The minimum atomic E-state index is 0.521. The van der Waals surface area contributed by atoms with Crippen LogP contribution in [-0.2, 0) is 0 Å². The monoisotopic (exact) mass is 652 g/mol. The van der Waals surface area contributed by atoms with Crippen molar-refractivity contribution in [3.05, 3.63) is 170 Å². The highest BCUT2D eigenvalue weighted by Crippen LogP contribution is 2.42. The molecule has 11 rings (SSSR count). The molecule has 4 heteroatoms. The van der Waals surface area contributed by atoms with Crippen LogP contribution >= 0.6 is 0 Å². The normalized spacial score (nSPS) is 11.9. The minimum Gasteiger partial charge on any atom is -0.456 e. The molecule has 238 valence electrons. The summed E-state index contributed by atoms with van der Waals surface area (Å²) in [5, 5.41) is 6.68. The first-order chi connectivity index (χ1) is 25.3. The summed E-state index contributed by atoms with van der Waals surface area (Å²) in [5.74, 6) is 0. The van der Waals surface area contributed by atoms with E-state index in [1.165, 1.54) is 27.3 Å². The van der Waals surface area contributed by atoms with Gasteiger partial charge in [0, 0.05) is 16.2 Å². The van der Waals surface area contributed by atoms with Gasteiger partial charge in [0.1, 0.15) is 16.7 Å². The molecule has 0 spiro atoms.